The van der Waals surface area contributed by atoms with E-state index in [0.29, 0.717) is 6.54 Å². The number of piperazine rings is 1. The Morgan fingerprint density at radius 2 is 1.70 bits per heavy atom. The van der Waals surface area contributed by atoms with Crippen LogP contribution in [-0.4, -0.2) is 46.3 Å². The van der Waals surface area contributed by atoms with E-state index in [9.17, 15) is 0 Å². The molecular formula is C13H17N7. The zero-order valence-corrected chi connectivity index (χ0v) is 11.2. The van der Waals surface area contributed by atoms with Crippen molar-refractivity contribution < 1.29 is 0 Å². The third-order valence-corrected chi connectivity index (χ3v) is 3.42. The van der Waals surface area contributed by atoms with E-state index >= 15 is 0 Å². The summed E-state index contributed by atoms with van der Waals surface area (Å²) >= 11 is 0. The van der Waals surface area contributed by atoms with Crippen LogP contribution in [0.4, 0.5) is 11.8 Å². The van der Waals surface area contributed by atoms with Crippen LogP contribution in [0.15, 0.2) is 30.7 Å². The summed E-state index contributed by atoms with van der Waals surface area (Å²) in [5.74, 6) is 1.67. The fraction of sp³-hybridized carbons (Fsp3) is 0.385. The van der Waals surface area contributed by atoms with Gasteiger partial charge in [-0.25, -0.2) is 9.97 Å². The molecule has 20 heavy (non-hydrogen) atoms. The second kappa shape index (κ2) is 5.79. The third kappa shape index (κ3) is 2.53. The molecule has 2 aromatic heterocycles. The van der Waals surface area contributed by atoms with Gasteiger partial charge in [0.2, 0.25) is 5.95 Å². The Morgan fingerprint density at radius 3 is 2.40 bits per heavy atom. The Kier molecular flexibility index (Phi) is 3.69. The van der Waals surface area contributed by atoms with Crippen LogP contribution < -0.4 is 15.5 Å². The fourth-order valence-electron chi connectivity index (χ4n) is 2.35. The van der Waals surface area contributed by atoms with Crippen LogP contribution in [0.25, 0.3) is 0 Å². The first kappa shape index (κ1) is 12.7. The van der Waals surface area contributed by atoms with Gasteiger partial charge in [-0.15, -0.1) is 5.10 Å². The van der Waals surface area contributed by atoms with E-state index in [1.165, 1.54) is 0 Å². The van der Waals surface area contributed by atoms with Crippen molar-refractivity contribution in [2.24, 2.45) is 5.73 Å². The summed E-state index contributed by atoms with van der Waals surface area (Å²) in [6, 6.07) is 3.75. The molecule has 0 unspecified atom stereocenters. The molecule has 7 heteroatoms. The van der Waals surface area contributed by atoms with Gasteiger partial charge in [-0.3, -0.25) is 0 Å². The van der Waals surface area contributed by atoms with Gasteiger partial charge >= 0.3 is 0 Å². The van der Waals surface area contributed by atoms with Crippen molar-refractivity contribution in [3.8, 4) is 0 Å². The lowest BCUT2D eigenvalue weighted by atomic mass is 10.2. The molecule has 3 rings (SSSR count). The first-order valence-corrected chi connectivity index (χ1v) is 6.66. The van der Waals surface area contributed by atoms with Crippen molar-refractivity contribution in [2.75, 3.05) is 36.0 Å². The number of rotatable bonds is 3. The SMILES string of the molecule is NCc1ccnnc1N1CCN(c2ncccn2)CC1. The van der Waals surface area contributed by atoms with Crippen molar-refractivity contribution in [3.05, 3.63) is 36.3 Å². The minimum Gasteiger partial charge on any atom is -0.351 e. The van der Waals surface area contributed by atoms with Gasteiger partial charge in [-0.2, -0.15) is 5.10 Å². The molecule has 1 fully saturated rings. The van der Waals surface area contributed by atoms with E-state index in [4.69, 9.17) is 5.73 Å². The molecule has 0 radical (unpaired) electrons. The lowest BCUT2D eigenvalue weighted by Crippen LogP contribution is -2.47. The Hall–Kier alpha value is -2.28. The summed E-state index contributed by atoms with van der Waals surface area (Å²) < 4.78 is 0. The number of nitrogens with two attached hydrogens (primary N) is 1. The lowest BCUT2D eigenvalue weighted by Gasteiger charge is -2.35. The molecule has 3 heterocycles. The molecule has 0 spiro atoms. The van der Waals surface area contributed by atoms with E-state index in [1.54, 1.807) is 18.6 Å². The van der Waals surface area contributed by atoms with Gasteiger partial charge in [-0.1, -0.05) is 0 Å². The molecule has 104 valence electrons. The maximum Gasteiger partial charge on any atom is 0.225 e. The second-order valence-electron chi connectivity index (χ2n) is 4.61. The summed E-state index contributed by atoms with van der Waals surface area (Å²) in [4.78, 5) is 13.0. The highest BCUT2D eigenvalue weighted by molar-refractivity contribution is 5.47. The summed E-state index contributed by atoms with van der Waals surface area (Å²) in [6.45, 7) is 3.94. The minimum atomic E-state index is 0.479. The van der Waals surface area contributed by atoms with Crippen molar-refractivity contribution in [1.82, 2.24) is 20.2 Å². The Bertz CT molecular complexity index is 552. The summed E-state index contributed by atoms with van der Waals surface area (Å²) in [7, 11) is 0. The van der Waals surface area contributed by atoms with Crippen molar-refractivity contribution in [2.45, 2.75) is 6.54 Å². The Labute approximate surface area is 117 Å². The van der Waals surface area contributed by atoms with E-state index in [-0.39, 0.29) is 0 Å². The molecule has 0 aromatic carbocycles. The second-order valence-corrected chi connectivity index (χ2v) is 4.61. The van der Waals surface area contributed by atoms with Crippen LogP contribution in [-0.2, 0) is 6.54 Å². The van der Waals surface area contributed by atoms with E-state index in [1.807, 2.05) is 12.1 Å². The molecule has 0 atom stereocenters. The smallest absolute Gasteiger partial charge is 0.225 e. The topological polar surface area (TPSA) is 84.1 Å². The summed E-state index contributed by atoms with van der Waals surface area (Å²) in [5.41, 5.74) is 6.78. The normalized spacial score (nSPS) is 15.4. The van der Waals surface area contributed by atoms with Gasteiger partial charge < -0.3 is 15.5 Å². The lowest BCUT2D eigenvalue weighted by molar-refractivity contribution is 0.628. The molecule has 2 N–H and O–H groups in total. The monoisotopic (exact) mass is 271 g/mol. The number of hydrogen-bond donors (Lipinski definition) is 1. The van der Waals surface area contributed by atoms with Gasteiger partial charge in [0.25, 0.3) is 0 Å². The van der Waals surface area contributed by atoms with Gasteiger partial charge in [-0.05, 0) is 12.1 Å². The first-order valence-electron chi connectivity index (χ1n) is 6.66. The number of anilines is 2. The number of nitrogens with zero attached hydrogens (tertiary/aromatic N) is 6. The fourth-order valence-corrected chi connectivity index (χ4v) is 2.35. The molecule has 0 aliphatic carbocycles. The molecule has 1 aliphatic rings. The predicted octanol–water partition coefficient (Wildman–Crippen LogP) is 0.0519. The van der Waals surface area contributed by atoms with Crippen LogP contribution in [0.3, 0.4) is 0 Å². The number of aromatic nitrogens is 4. The molecule has 0 bridgehead atoms. The van der Waals surface area contributed by atoms with Crippen molar-refractivity contribution in [1.29, 1.82) is 0 Å². The molecule has 1 saturated heterocycles. The third-order valence-electron chi connectivity index (χ3n) is 3.42. The van der Waals surface area contributed by atoms with Crippen LogP contribution in [0.5, 0.6) is 0 Å². The van der Waals surface area contributed by atoms with Gasteiger partial charge in [0.05, 0.1) is 6.20 Å². The maximum atomic E-state index is 5.75. The standard InChI is InChI=1S/C13H17N7/c14-10-11-2-5-17-18-12(11)19-6-8-20(9-7-19)13-15-3-1-4-16-13/h1-5H,6-10,14H2. The molecule has 2 aromatic rings. The van der Waals surface area contributed by atoms with Crippen LogP contribution in [0.1, 0.15) is 5.56 Å². The Morgan fingerprint density at radius 1 is 1.00 bits per heavy atom. The predicted molar refractivity (Wildman–Crippen MR) is 76.4 cm³/mol. The van der Waals surface area contributed by atoms with E-state index < -0.39 is 0 Å². The molecule has 7 nitrogen and oxygen atoms in total. The zero-order valence-electron chi connectivity index (χ0n) is 11.2. The van der Waals surface area contributed by atoms with Crippen LogP contribution in [0.2, 0.25) is 0 Å². The largest absolute Gasteiger partial charge is 0.351 e. The minimum absolute atomic E-state index is 0.479. The highest BCUT2D eigenvalue weighted by Gasteiger charge is 2.21. The summed E-state index contributed by atoms with van der Waals surface area (Å²) in [5, 5.41) is 8.18. The van der Waals surface area contributed by atoms with Crippen molar-refractivity contribution in [3.63, 3.8) is 0 Å². The molecule has 0 amide bonds. The highest BCUT2D eigenvalue weighted by Crippen LogP contribution is 2.18. The summed E-state index contributed by atoms with van der Waals surface area (Å²) in [6.07, 6.45) is 5.22. The number of hydrogen-bond acceptors (Lipinski definition) is 7. The van der Waals surface area contributed by atoms with Crippen molar-refractivity contribution >= 4 is 11.8 Å². The quantitative estimate of drug-likeness (QED) is 0.844. The zero-order chi connectivity index (χ0) is 13.8. The molecular weight excluding hydrogens is 254 g/mol. The molecule has 0 saturated carbocycles. The van der Waals surface area contributed by atoms with Gasteiger partial charge in [0.15, 0.2) is 5.82 Å². The van der Waals surface area contributed by atoms with Gasteiger partial charge in [0, 0.05) is 50.7 Å². The van der Waals surface area contributed by atoms with E-state index in [0.717, 1.165) is 43.5 Å². The highest BCUT2D eigenvalue weighted by atomic mass is 15.3. The van der Waals surface area contributed by atoms with Gasteiger partial charge in [0.1, 0.15) is 0 Å². The first-order chi connectivity index (χ1) is 9.88. The average Bonchev–Trinajstić information content (AvgIpc) is 2.56. The Balaban J connectivity index is 1.70. The van der Waals surface area contributed by atoms with Crippen LogP contribution >= 0.6 is 0 Å². The molecule has 1 aliphatic heterocycles. The van der Waals surface area contributed by atoms with Crippen LogP contribution in [0, 0.1) is 0 Å². The van der Waals surface area contributed by atoms with E-state index in [2.05, 4.69) is 30.0 Å². The average molecular weight is 271 g/mol. The maximum absolute atomic E-state index is 5.75.